The number of amides is 1. The van der Waals surface area contributed by atoms with Crippen LogP contribution in [0.15, 0.2) is 78.9 Å². The van der Waals surface area contributed by atoms with Crippen molar-refractivity contribution >= 4 is 23.3 Å². The van der Waals surface area contributed by atoms with Gasteiger partial charge in [0.1, 0.15) is 6.61 Å². The lowest BCUT2D eigenvalue weighted by Gasteiger charge is -2.44. The van der Waals surface area contributed by atoms with E-state index in [0.29, 0.717) is 6.61 Å². The highest BCUT2D eigenvalue weighted by Crippen LogP contribution is 2.45. The van der Waals surface area contributed by atoms with Crippen molar-refractivity contribution in [3.63, 3.8) is 0 Å². The molecule has 4 heteroatoms. The highest BCUT2D eigenvalue weighted by Gasteiger charge is 2.39. The lowest BCUT2D eigenvalue weighted by molar-refractivity contribution is 0.0539. The number of nitrogens with zero attached hydrogens (tertiary/aromatic N) is 1. The third-order valence-corrected chi connectivity index (χ3v) is 7.73. The Bertz CT molecular complexity index is 1200. The topological polar surface area (TPSA) is 29.5 Å². The molecule has 1 saturated heterocycles. The van der Waals surface area contributed by atoms with Crippen molar-refractivity contribution < 1.29 is 9.53 Å². The Morgan fingerprint density at radius 1 is 0.879 bits per heavy atom. The van der Waals surface area contributed by atoms with Gasteiger partial charge in [0.05, 0.1) is 6.04 Å². The van der Waals surface area contributed by atoms with Gasteiger partial charge in [0.2, 0.25) is 0 Å². The number of carbonyl (C=O) groups excluding carboxylic acids is 1. The van der Waals surface area contributed by atoms with E-state index in [9.17, 15) is 4.79 Å². The predicted molar refractivity (Wildman–Crippen MR) is 132 cm³/mol. The molecule has 0 saturated carbocycles. The first kappa shape index (κ1) is 20.6. The fourth-order valence-corrected chi connectivity index (χ4v) is 6.16. The van der Waals surface area contributed by atoms with Gasteiger partial charge in [-0.2, -0.15) is 0 Å². The summed E-state index contributed by atoms with van der Waals surface area (Å²) in [5.41, 5.74) is 7.31. The first-order chi connectivity index (χ1) is 16.2. The van der Waals surface area contributed by atoms with E-state index in [-0.39, 0.29) is 24.1 Å². The highest BCUT2D eigenvalue weighted by molar-refractivity contribution is 6.32. The molecule has 3 aromatic carbocycles. The second kappa shape index (κ2) is 8.39. The maximum Gasteiger partial charge on any atom is 0.410 e. The van der Waals surface area contributed by atoms with Gasteiger partial charge in [-0.05, 0) is 65.1 Å². The van der Waals surface area contributed by atoms with Gasteiger partial charge in [-0.15, -0.1) is 0 Å². The molecule has 2 heterocycles. The summed E-state index contributed by atoms with van der Waals surface area (Å²) in [5, 5.41) is 0.774. The van der Waals surface area contributed by atoms with Crippen LogP contribution < -0.4 is 0 Å². The maximum absolute atomic E-state index is 13.4. The van der Waals surface area contributed by atoms with Crippen molar-refractivity contribution in [2.24, 2.45) is 0 Å². The number of hydrogen-bond acceptors (Lipinski definition) is 2. The Balaban J connectivity index is 1.23. The van der Waals surface area contributed by atoms with Crippen molar-refractivity contribution in [3.8, 4) is 11.1 Å². The molecule has 0 N–H and O–H groups in total. The van der Waals surface area contributed by atoms with E-state index in [2.05, 4.69) is 60.7 Å². The fraction of sp³-hybridized carbons (Fsp3) is 0.276. The number of benzene rings is 3. The number of carbonyl (C=O) groups is 1. The summed E-state index contributed by atoms with van der Waals surface area (Å²) in [6.07, 6.45) is 5.97. The summed E-state index contributed by atoms with van der Waals surface area (Å²) in [6, 6.07) is 25.1. The minimum atomic E-state index is -0.193. The molecule has 0 spiro atoms. The van der Waals surface area contributed by atoms with E-state index in [1.807, 2.05) is 23.1 Å². The number of fused-ring (bicyclic) bond motifs is 5. The van der Waals surface area contributed by atoms with E-state index in [0.717, 1.165) is 36.3 Å². The van der Waals surface area contributed by atoms with Crippen molar-refractivity contribution in [3.05, 3.63) is 101 Å². The third kappa shape index (κ3) is 3.55. The predicted octanol–water partition coefficient (Wildman–Crippen LogP) is 7.30. The average Bonchev–Trinajstić information content (AvgIpc) is 3.16. The minimum absolute atomic E-state index is 0.0689. The van der Waals surface area contributed by atoms with Crippen molar-refractivity contribution in [2.75, 3.05) is 6.61 Å². The average molecular weight is 456 g/mol. The van der Waals surface area contributed by atoms with Crippen molar-refractivity contribution in [1.29, 1.82) is 0 Å². The Labute approximate surface area is 199 Å². The standard InChI is InChI=1S/C29H26ClNO2/c30-28-15-6-5-10-22(28)19-16-20-8-7-9-21(17-19)31(20)29(32)33-18-27-25-13-3-1-11-23(25)24-12-2-4-14-26(24)27/h1-6,10-16,20-21,27H,7-9,17-18H2. The molecule has 2 atom stereocenters. The zero-order valence-electron chi connectivity index (χ0n) is 18.4. The molecule has 2 aliphatic heterocycles. The smallest absolute Gasteiger partial charge is 0.410 e. The molecule has 3 aromatic rings. The van der Waals surface area contributed by atoms with E-state index in [4.69, 9.17) is 16.3 Å². The first-order valence-electron chi connectivity index (χ1n) is 11.8. The largest absolute Gasteiger partial charge is 0.448 e. The summed E-state index contributed by atoms with van der Waals surface area (Å²) in [4.78, 5) is 15.3. The summed E-state index contributed by atoms with van der Waals surface area (Å²) in [6.45, 7) is 0.365. The molecule has 6 rings (SSSR count). The fourth-order valence-electron chi connectivity index (χ4n) is 5.90. The second-order valence-corrected chi connectivity index (χ2v) is 9.65. The van der Waals surface area contributed by atoms with Crippen LogP contribution in [-0.2, 0) is 4.74 Å². The minimum Gasteiger partial charge on any atom is -0.448 e. The lowest BCUT2D eigenvalue weighted by Crippen LogP contribution is -2.51. The molecule has 3 aliphatic rings. The Kier molecular flexibility index (Phi) is 5.22. The third-order valence-electron chi connectivity index (χ3n) is 7.40. The molecule has 3 nitrogen and oxygen atoms in total. The molecule has 33 heavy (non-hydrogen) atoms. The van der Waals surface area contributed by atoms with Crippen LogP contribution >= 0.6 is 11.6 Å². The van der Waals surface area contributed by atoms with Crippen LogP contribution in [-0.4, -0.2) is 29.7 Å². The van der Waals surface area contributed by atoms with Gasteiger partial charge in [-0.3, -0.25) is 4.90 Å². The van der Waals surface area contributed by atoms with Gasteiger partial charge in [0.25, 0.3) is 0 Å². The summed E-state index contributed by atoms with van der Waals surface area (Å²) >= 11 is 6.47. The van der Waals surface area contributed by atoms with Crippen molar-refractivity contribution in [1.82, 2.24) is 4.90 Å². The van der Waals surface area contributed by atoms with E-state index >= 15 is 0 Å². The molecule has 2 unspecified atom stereocenters. The molecule has 0 radical (unpaired) electrons. The maximum atomic E-state index is 13.4. The zero-order valence-corrected chi connectivity index (χ0v) is 19.2. The SMILES string of the molecule is O=C(OCC1c2ccccc2-c2ccccc21)N1C2C=C(c3ccccc3Cl)CC1CCC2. The molecule has 1 aliphatic carbocycles. The van der Waals surface area contributed by atoms with Gasteiger partial charge in [-0.1, -0.05) is 84.4 Å². The molecular formula is C29H26ClNO2. The van der Waals surface area contributed by atoms with Gasteiger partial charge >= 0.3 is 6.09 Å². The van der Waals surface area contributed by atoms with Crippen LogP contribution in [0, 0.1) is 0 Å². The van der Waals surface area contributed by atoms with Crippen LogP contribution in [0.3, 0.4) is 0 Å². The van der Waals surface area contributed by atoms with Crippen LogP contribution in [0.1, 0.15) is 48.3 Å². The Morgan fingerprint density at radius 3 is 2.18 bits per heavy atom. The highest BCUT2D eigenvalue weighted by atomic mass is 35.5. The van der Waals surface area contributed by atoms with E-state index < -0.39 is 0 Å². The van der Waals surface area contributed by atoms with Crippen LogP contribution in [0.25, 0.3) is 16.7 Å². The molecular weight excluding hydrogens is 430 g/mol. The van der Waals surface area contributed by atoms with E-state index in [1.54, 1.807) is 0 Å². The second-order valence-electron chi connectivity index (χ2n) is 9.24. The van der Waals surface area contributed by atoms with Gasteiger partial charge < -0.3 is 4.74 Å². The zero-order chi connectivity index (χ0) is 22.4. The first-order valence-corrected chi connectivity index (χ1v) is 12.2. The number of rotatable bonds is 3. The van der Waals surface area contributed by atoms with Gasteiger partial charge in [0, 0.05) is 17.0 Å². The number of piperidine rings is 1. The summed E-state index contributed by atoms with van der Waals surface area (Å²) in [7, 11) is 0. The van der Waals surface area contributed by atoms with Crippen LogP contribution in [0.4, 0.5) is 4.79 Å². The Hall–Kier alpha value is -3.04. The Morgan fingerprint density at radius 2 is 1.52 bits per heavy atom. The lowest BCUT2D eigenvalue weighted by atomic mass is 9.83. The summed E-state index contributed by atoms with van der Waals surface area (Å²) < 4.78 is 6.01. The quantitative estimate of drug-likeness (QED) is 0.414. The van der Waals surface area contributed by atoms with Gasteiger partial charge in [-0.25, -0.2) is 4.79 Å². The van der Waals surface area contributed by atoms with Crippen molar-refractivity contribution in [2.45, 2.75) is 43.7 Å². The molecule has 1 fully saturated rings. The monoisotopic (exact) mass is 455 g/mol. The molecule has 166 valence electrons. The number of hydrogen-bond donors (Lipinski definition) is 0. The van der Waals surface area contributed by atoms with Crippen LogP contribution in [0.2, 0.25) is 5.02 Å². The number of ether oxygens (including phenoxy) is 1. The number of halogens is 1. The molecule has 2 bridgehead atoms. The molecule has 1 amide bonds. The summed E-state index contributed by atoms with van der Waals surface area (Å²) in [5.74, 6) is 0.0835. The van der Waals surface area contributed by atoms with Crippen LogP contribution in [0.5, 0.6) is 0 Å². The van der Waals surface area contributed by atoms with E-state index in [1.165, 1.54) is 27.8 Å². The molecule has 0 aromatic heterocycles. The van der Waals surface area contributed by atoms with Gasteiger partial charge in [0.15, 0.2) is 0 Å². The normalized spacial score (nSPS) is 21.2.